The Hall–Kier alpha value is -1.45. The van der Waals surface area contributed by atoms with Crippen molar-refractivity contribution >= 4 is 5.97 Å². The monoisotopic (exact) mass is 254 g/mol. The first kappa shape index (κ1) is 13.0. The van der Waals surface area contributed by atoms with Crippen molar-refractivity contribution in [1.82, 2.24) is 0 Å². The minimum atomic E-state index is -0.990. The number of hydrogen-bond acceptors (Lipinski definition) is 2. The van der Waals surface area contributed by atoms with Crippen LogP contribution in [0.25, 0.3) is 0 Å². The lowest BCUT2D eigenvalue weighted by Gasteiger charge is -2.37. The lowest BCUT2D eigenvalue weighted by atomic mass is 9.79. The molecule has 2 nitrogen and oxygen atoms in total. The van der Waals surface area contributed by atoms with Gasteiger partial charge in [0.05, 0.1) is 0 Å². The molecule has 0 radical (unpaired) electrons. The van der Waals surface area contributed by atoms with E-state index in [1.165, 1.54) is 19.1 Å². The van der Waals surface area contributed by atoms with E-state index in [9.17, 15) is 13.6 Å². The maximum absolute atomic E-state index is 13.9. The topological polar surface area (TPSA) is 26.3 Å². The summed E-state index contributed by atoms with van der Waals surface area (Å²) in [5.41, 5.74) is -0.826. The molecule has 0 amide bonds. The molecule has 1 saturated carbocycles. The molecule has 0 unspecified atom stereocenters. The maximum Gasteiger partial charge on any atom is 0.303 e. The lowest BCUT2D eigenvalue weighted by molar-refractivity contribution is -0.162. The molecule has 98 valence electrons. The van der Waals surface area contributed by atoms with Gasteiger partial charge in [0.1, 0.15) is 5.60 Å². The van der Waals surface area contributed by atoms with Crippen LogP contribution >= 0.6 is 0 Å². The summed E-state index contributed by atoms with van der Waals surface area (Å²) in [6.07, 6.45) is 3.83. The molecule has 18 heavy (non-hydrogen) atoms. The molecule has 1 aliphatic rings. The van der Waals surface area contributed by atoms with E-state index in [2.05, 4.69) is 0 Å². The first-order chi connectivity index (χ1) is 8.55. The summed E-state index contributed by atoms with van der Waals surface area (Å²) in [7, 11) is 0. The van der Waals surface area contributed by atoms with Crippen LogP contribution in [0.15, 0.2) is 18.2 Å². The van der Waals surface area contributed by atoms with Crippen molar-refractivity contribution in [2.45, 2.75) is 44.6 Å². The van der Waals surface area contributed by atoms with Crippen molar-refractivity contribution < 1.29 is 18.3 Å². The average molecular weight is 254 g/mol. The SMILES string of the molecule is CC(=O)OC1(c2cccc(F)c2F)CCCCC1. The third-order valence-electron chi connectivity index (χ3n) is 3.44. The van der Waals surface area contributed by atoms with E-state index < -0.39 is 23.2 Å². The smallest absolute Gasteiger partial charge is 0.303 e. The Labute approximate surface area is 105 Å². The fourth-order valence-electron chi connectivity index (χ4n) is 2.68. The maximum atomic E-state index is 13.9. The number of ether oxygens (including phenoxy) is 1. The molecule has 0 saturated heterocycles. The van der Waals surface area contributed by atoms with Crippen LogP contribution in [0.5, 0.6) is 0 Å². The number of halogens is 2. The molecule has 0 aliphatic heterocycles. The quantitative estimate of drug-likeness (QED) is 0.752. The lowest BCUT2D eigenvalue weighted by Crippen LogP contribution is -2.35. The third kappa shape index (κ3) is 2.37. The van der Waals surface area contributed by atoms with Gasteiger partial charge in [-0.3, -0.25) is 4.79 Å². The van der Waals surface area contributed by atoms with Crippen LogP contribution in [0.4, 0.5) is 8.78 Å². The first-order valence-corrected chi connectivity index (χ1v) is 6.19. The van der Waals surface area contributed by atoms with E-state index in [0.717, 1.165) is 25.3 Å². The van der Waals surface area contributed by atoms with Gasteiger partial charge in [0, 0.05) is 12.5 Å². The molecule has 2 rings (SSSR count). The van der Waals surface area contributed by atoms with Gasteiger partial charge in [0.2, 0.25) is 0 Å². The Balaban J connectivity index is 2.45. The van der Waals surface area contributed by atoms with Gasteiger partial charge in [-0.25, -0.2) is 8.78 Å². The Bertz CT molecular complexity index is 451. The fourth-order valence-corrected chi connectivity index (χ4v) is 2.68. The van der Waals surface area contributed by atoms with Gasteiger partial charge in [0.25, 0.3) is 0 Å². The van der Waals surface area contributed by atoms with Crippen LogP contribution in [0.1, 0.15) is 44.6 Å². The number of carbonyl (C=O) groups is 1. The van der Waals surface area contributed by atoms with Crippen molar-refractivity contribution in [2.75, 3.05) is 0 Å². The molecule has 1 aromatic carbocycles. The standard InChI is InChI=1S/C14H16F2O2/c1-10(17)18-14(8-3-2-4-9-14)11-6-5-7-12(15)13(11)16/h5-7H,2-4,8-9H2,1H3. The molecule has 0 heterocycles. The Morgan fingerprint density at radius 2 is 1.89 bits per heavy atom. The predicted octanol–water partition coefficient (Wildman–Crippen LogP) is 3.69. The van der Waals surface area contributed by atoms with Gasteiger partial charge < -0.3 is 4.74 Å². The predicted molar refractivity (Wildman–Crippen MR) is 62.9 cm³/mol. The summed E-state index contributed by atoms with van der Waals surface area (Å²) in [6.45, 7) is 1.30. The summed E-state index contributed by atoms with van der Waals surface area (Å²) < 4.78 is 32.6. The van der Waals surface area contributed by atoms with Gasteiger partial charge in [-0.15, -0.1) is 0 Å². The minimum Gasteiger partial charge on any atom is -0.454 e. The Kier molecular flexibility index (Phi) is 3.64. The Morgan fingerprint density at radius 3 is 2.50 bits per heavy atom. The second kappa shape index (κ2) is 5.04. The molecule has 4 heteroatoms. The molecular formula is C14H16F2O2. The number of esters is 1. The van der Waals surface area contributed by atoms with Gasteiger partial charge in [-0.2, -0.15) is 0 Å². The fraction of sp³-hybridized carbons (Fsp3) is 0.500. The number of hydrogen-bond donors (Lipinski definition) is 0. The van der Waals surface area contributed by atoms with Crippen LogP contribution in [0.2, 0.25) is 0 Å². The van der Waals surface area contributed by atoms with Gasteiger partial charge in [-0.1, -0.05) is 18.6 Å². The van der Waals surface area contributed by atoms with Crippen molar-refractivity contribution in [3.63, 3.8) is 0 Å². The highest BCUT2D eigenvalue weighted by molar-refractivity contribution is 5.67. The van der Waals surface area contributed by atoms with Gasteiger partial charge in [0.15, 0.2) is 11.6 Å². The highest BCUT2D eigenvalue weighted by Crippen LogP contribution is 2.42. The molecular weight excluding hydrogens is 238 g/mol. The molecule has 1 fully saturated rings. The van der Waals surface area contributed by atoms with Crippen molar-refractivity contribution in [2.24, 2.45) is 0 Å². The average Bonchev–Trinajstić information content (AvgIpc) is 2.33. The summed E-state index contributed by atoms with van der Waals surface area (Å²) in [5.74, 6) is -2.26. The number of benzene rings is 1. The van der Waals surface area contributed by atoms with E-state index in [1.807, 2.05) is 0 Å². The first-order valence-electron chi connectivity index (χ1n) is 6.19. The molecule has 1 aliphatic carbocycles. The second-order valence-corrected chi connectivity index (χ2v) is 4.75. The second-order valence-electron chi connectivity index (χ2n) is 4.75. The zero-order valence-electron chi connectivity index (χ0n) is 10.3. The zero-order chi connectivity index (χ0) is 13.2. The van der Waals surface area contributed by atoms with E-state index in [4.69, 9.17) is 4.74 Å². The highest BCUT2D eigenvalue weighted by atomic mass is 19.2. The number of carbonyl (C=O) groups excluding carboxylic acids is 1. The van der Waals surface area contributed by atoms with Crippen LogP contribution in [-0.2, 0) is 15.1 Å². The zero-order valence-corrected chi connectivity index (χ0v) is 10.3. The molecule has 0 aromatic heterocycles. The van der Waals surface area contributed by atoms with Crippen LogP contribution in [0, 0.1) is 11.6 Å². The van der Waals surface area contributed by atoms with Gasteiger partial charge in [-0.05, 0) is 31.7 Å². The van der Waals surface area contributed by atoms with Crippen LogP contribution in [-0.4, -0.2) is 5.97 Å². The van der Waals surface area contributed by atoms with Crippen LogP contribution in [0.3, 0.4) is 0 Å². The minimum absolute atomic E-state index is 0.164. The summed E-state index contributed by atoms with van der Waals surface area (Å²) in [5, 5.41) is 0. The summed E-state index contributed by atoms with van der Waals surface area (Å²) >= 11 is 0. The molecule has 1 aromatic rings. The van der Waals surface area contributed by atoms with Crippen LogP contribution < -0.4 is 0 Å². The number of rotatable bonds is 2. The van der Waals surface area contributed by atoms with Gasteiger partial charge >= 0.3 is 5.97 Å². The summed E-state index contributed by atoms with van der Waals surface area (Å²) in [6, 6.07) is 4.03. The largest absolute Gasteiger partial charge is 0.454 e. The molecule has 0 spiro atoms. The third-order valence-corrected chi connectivity index (χ3v) is 3.44. The van der Waals surface area contributed by atoms with E-state index in [0.29, 0.717) is 12.8 Å². The molecule has 0 N–H and O–H groups in total. The normalized spacial score (nSPS) is 18.4. The summed E-state index contributed by atoms with van der Waals surface area (Å²) in [4.78, 5) is 11.2. The van der Waals surface area contributed by atoms with Crippen molar-refractivity contribution in [1.29, 1.82) is 0 Å². The van der Waals surface area contributed by atoms with E-state index in [-0.39, 0.29) is 5.56 Å². The molecule has 0 atom stereocenters. The molecule has 0 bridgehead atoms. The highest BCUT2D eigenvalue weighted by Gasteiger charge is 2.39. The van der Waals surface area contributed by atoms with Crippen molar-refractivity contribution in [3.05, 3.63) is 35.4 Å². The van der Waals surface area contributed by atoms with E-state index in [1.54, 1.807) is 0 Å². The van der Waals surface area contributed by atoms with Crippen molar-refractivity contribution in [3.8, 4) is 0 Å². The van der Waals surface area contributed by atoms with E-state index >= 15 is 0 Å². The Morgan fingerprint density at radius 1 is 1.22 bits per heavy atom.